The Morgan fingerprint density at radius 2 is 1.96 bits per heavy atom. The molecule has 27 heavy (non-hydrogen) atoms. The van der Waals surface area contributed by atoms with Gasteiger partial charge in [-0.25, -0.2) is 0 Å². The van der Waals surface area contributed by atoms with Crippen LogP contribution in [0.2, 0.25) is 0 Å². The van der Waals surface area contributed by atoms with Crippen molar-refractivity contribution >= 4 is 16.0 Å². The van der Waals surface area contributed by atoms with Crippen LogP contribution in [0.5, 0.6) is 0 Å². The number of nitrogens with zero attached hydrogens (tertiary/aromatic N) is 4. The van der Waals surface area contributed by atoms with E-state index < -0.39 is 21.7 Å². The highest BCUT2D eigenvalue weighted by molar-refractivity contribution is 7.89. The van der Waals surface area contributed by atoms with E-state index >= 15 is 0 Å². The number of methoxy groups -OCH3 is 1. The van der Waals surface area contributed by atoms with Crippen LogP contribution < -0.4 is 0 Å². The smallest absolute Gasteiger partial charge is 0.323 e. The Bertz CT molecular complexity index is 870. The first-order valence-corrected chi connectivity index (χ1v) is 10.7. The quantitative estimate of drug-likeness (QED) is 0.733. The van der Waals surface area contributed by atoms with Crippen LogP contribution in [0.1, 0.15) is 37.7 Å². The minimum Gasteiger partial charge on any atom is -0.468 e. The average Bonchev–Trinajstić information content (AvgIpc) is 3.35. The fraction of sp³-hybridized carbons (Fsp3) is 0.611. The Hall–Kier alpha value is -2.00. The molecule has 1 aliphatic carbocycles. The van der Waals surface area contributed by atoms with Gasteiger partial charge in [0.2, 0.25) is 0 Å². The largest absolute Gasteiger partial charge is 0.468 e. The molecule has 8 nitrogen and oxygen atoms in total. The van der Waals surface area contributed by atoms with Crippen LogP contribution in [-0.4, -0.2) is 55.1 Å². The fourth-order valence-electron chi connectivity index (χ4n) is 4.64. The number of hydrogen-bond acceptors (Lipinski definition) is 7. The summed E-state index contributed by atoms with van der Waals surface area (Å²) < 4.78 is 33.0. The monoisotopic (exact) mass is 392 g/mol. The third-order valence-corrected chi connectivity index (χ3v) is 7.64. The van der Waals surface area contributed by atoms with Crippen LogP contribution in [0.15, 0.2) is 39.5 Å². The third-order valence-electron chi connectivity index (χ3n) is 5.93. The number of rotatable bonds is 4. The number of likely N-dealkylation sites (tertiary alicyclic amines) is 1. The van der Waals surface area contributed by atoms with E-state index in [1.807, 2.05) is 11.8 Å². The molecule has 3 atom stereocenters. The van der Waals surface area contributed by atoms with Crippen LogP contribution in [0.4, 0.5) is 0 Å². The van der Waals surface area contributed by atoms with Gasteiger partial charge < -0.3 is 4.74 Å². The second-order valence-electron chi connectivity index (χ2n) is 7.43. The van der Waals surface area contributed by atoms with Gasteiger partial charge in [0.05, 0.1) is 12.0 Å². The van der Waals surface area contributed by atoms with Gasteiger partial charge in [-0.3, -0.25) is 9.69 Å². The third kappa shape index (κ3) is 2.67. The van der Waals surface area contributed by atoms with Gasteiger partial charge in [-0.15, -0.1) is 4.41 Å². The van der Waals surface area contributed by atoms with Gasteiger partial charge in [0.25, 0.3) is 10.0 Å². The van der Waals surface area contributed by atoms with E-state index in [9.17, 15) is 13.2 Å². The van der Waals surface area contributed by atoms with Gasteiger partial charge in [-0.1, -0.05) is 22.9 Å². The summed E-state index contributed by atoms with van der Waals surface area (Å²) in [5.41, 5.74) is 0.0646. The van der Waals surface area contributed by atoms with E-state index in [0.717, 1.165) is 24.8 Å². The average molecular weight is 392 g/mol. The zero-order valence-corrected chi connectivity index (χ0v) is 16.4. The van der Waals surface area contributed by atoms with E-state index in [1.54, 1.807) is 24.3 Å². The molecule has 2 aliphatic heterocycles. The number of aryl methyl sites for hydroxylation is 1. The highest BCUT2D eigenvalue weighted by atomic mass is 32.2. The van der Waals surface area contributed by atoms with Crippen molar-refractivity contribution in [3.63, 3.8) is 0 Å². The Morgan fingerprint density at radius 3 is 2.67 bits per heavy atom. The molecule has 2 fully saturated rings. The van der Waals surface area contributed by atoms with Crippen LogP contribution >= 0.6 is 0 Å². The molecule has 3 aliphatic rings. The van der Waals surface area contributed by atoms with Gasteiger partial charge in [0, 0.05) is 6.54 Å². The molecule has 1 saturated carbocycles. The first-order chi connectivity index (χ1) is 12.9. The van der Waals surface area contributed by atoms with E-state index in [-0.39, 0.29) is 16.9 Å². The van der Waals surface area contributed by atoms with E-state index in [2.05, 4.69) is 10.3 Å². The Kier molecular flexibility index (Phi) is 4.46. The van der Waals surface area contributed by atoms with Crippen molar-refractivity contribution in [2.45, 2.75) is 61.7 Å². The van der Waals surface area contributed by atoms with Crippen molar-refractivity contribution < 1.29 is 17.9 Å². The lowest BCUT2D eigenvalue weighted by molar-refractivity contribution is -0.150. The number of hydrogen-bond donors (Lipinski definition) is 0. The molecule has 0 spiro atoms. The Labute approximate surface area is 159 Å². The van der Waals surface area contributed by atoms with E-state index in [4.69, 9.17) is 4.74 Å². The molecule has 1 aromatic carbocycles. The maximum atomic E-state index is 13.4. The van der Waals surface area contributed by atoms with Crippen LogP contribution in [0.3, 0.4) is 0 Å². The summed E-state index contributed by atoms with van der Waals surface area (Å²) in [4.78, 5) is 14.5. The lowest BCUT2D eigenvalue weighted by atomic mass is 10.0. The molecule has 146 valence electrons. The molecule has 0 bridgehead atoms. The number of benzene rings is 1. The van der Waals surface area contributed by atoms with Crippen molar-refractivity contribution in [1.82, 2.24) is 9.31 Å². The normalized spacial score (nSPS) is 30.7. The fourth-order valence-corrected chi connectivity index (χ4v) is 6.19. The molecule has 2 heterocycles. The summed E-state index contributed by atoms with van der Waals surface area (Å²) >= 11 is 0. The molecule has 0 N–H and O–H groups in total. The summed E-state index contributed by atoms with van der Waals surface area (Å²) in [5, 5.41) is 8.41. The summed E-state index contributed by atoms with van der Waals surface area (Å²) in [6, 6.07) is 6.01. The van der Waals surface area contributed by atoms with Gasteiger partial charge >= 0.3 is 5.97 Å². The number of fused-ring (bicyclic) bond motifs is 1. The Balaban J connectivity index is 1.77. The summed E-state index contributed by atoms with van der Waals surface area (Å²) in [5.74, 6) is -0.327. The molecule has 0 amide bonds. The summed E-state index contributed by atoms with van der Waals surface area (Å²) in [6.45, 7) is 2.53. The Morgan fingerprint density at radius 1 is 1.22 bits per heavy atom. The van der Waals surface area contributed by atoms with Crippen LogP contribution in [0.25, 0.3) is 0 Å². The molecule has 0 radical (unpaired) electrons. The van der Waals surface area contributed by atoms with Crippen molar-refractivity contribution in [2.75, 3.05) is 13.7 Å². The molecule has 1 saturated heterocycles. The SMILES string of the molecule is COC(=O)C1CCCN1C12CCCC1N=NN2S(=O)(=O)c1ccc(C)cc1. The molecule has 1 aromatic rings. The topological polar surface area (TPSA) is 91.6 Å². The van der Waals surface area contributed by atoms with E-state index in [1.165, 1.54) is 11.5 Å². The second-order valence-corrected chi connectivity index (χ2v) is 9.19. The minimum atomic E-state index is -3.88. The van der Waals surface area contributed by atoms with Crippen molar-refractivity contribution in [3.05, 3.63) is 29.8 Å². The van der Waals surface area contributed by atoms with Crippen LogP contribution in [-0.2, 0) is 19.6 Å². The second kappa shape index (κ2) is 6.56. The molecule has 3 unspecified atom stereocenters. The number of carbonyl (C=O) groups is 1. The van der Waals surface area contributed by atoms with Gasteiger partial charge in [-0.05, 0) is 51.2 Å². The van der Waals surface area contributed by atoms with Gasteiger partial charge in [-0.2, -0.15) is 13.5 Å². The van der Waals surface area contributed by atoms with Crippen molar-refractivity contribution in [1.29, 1.82) is 0 Å². The van der Waals surface area contributed by atoms with Crippen LogP contribution in [0, 0.1) is 6.92 Å². The molecule has 4 rings (SSSR count). The zero-order valence-electron chi connectivity index (χ0n) is 15.5. The minimum absolute atomic E-state index is 0.188. The van der Waals surface area contributed by atoms with Crippen molar-refractivity contribution in [3.8, 4) is 0 Å². The highest BCUT2D eigenvalue weighted by Crippen LogP contribution is 2.49. The summed E-state index contributed by atoms with van der Waals surface area (Å²) in [6.07, 6.45) is 3.66. The maximum absolute atomic E-state index is 13.4. The van der Waals surface area contributed by atoms with Crippen molar-refractivity contribution in [2.24, 2.45) is 10.3 Å². The number of esters is 1. The lowest BCUT2D eigenvalue weighted by Crippen LogP contribution is -2.64. The standard InChI is InChI=1S/C18H24N4O4S/c1-13-7-9-14(10-8-13)27(24,25)22-18(11-3-6-16(18)19-20-22)21-12-4-5-15(21)17(23)26-2/h7-10,15-16H,3-6,11-12H2,1-2H3. The van der Waals surface area contributed by atoms with Gasteiger partial charge in [0.1, 0.15) is 12.1 Å². The van der Waals surface area contributed by atoms with E-state index in [0.29, 0.717) is 19.4 Å². The lowest BCUT2D eigenvalue weighted by Gasteiger charge is -2.44. The number of carbonyl (C=O) groups excluding carboxylic acids is 1. The molecular formula is C18H24N4O4S. The predicted molar refractivity (Wildman–Crippen MR) is 97.2 cm³/mol. The first-order valence-electron chi connectivity index (χ1n) is 9.29. The summed E-state index contributed by atoms with van der Waals surface area (Å²) in [7, 11) is -2.51. The number of sulfonamides is 1. The first kappa shape index (κ1) is 18.4. The molecule has 9 heteroatoms. The highest BCUT2D eigenvalue weighted by Gasteiger charge is 2.62. The predicted octanol–water partition coefficient (Wildman–Crippen LogP) is 2.25. The van der Waals surface area contributed by atoms with Gasteiger partial charge in [0.15, 0.2) is 5.66 Å². The zero-order chi connectivity index (χ0) is 19.2. The molecule has 0 aromatic heterocycles. The maximum Gasteiger partial charge on any atom is 0.323 e. The number of ether oxygens (including phenoxy) is 1. The molecular weight excluding hydrogens is 368 g/mol.